The van der Waals surface area contributed by atoms with Gasteiger partial charge in [0.1, 0.15) is 5.75 Å². The molecular formula is C16H23NO3. The van der Waals surface area contributed by atoms with Crippen molar-refractivity contribution in [3.8, 4) is 5.75 Å². The predicted octanol–water partition coefficient (Wildman–Crippen LogP) is 2.35. The molecule has 0 heterocycles. The van der Waals surface area contributed by atoms with E-state index in [1.165, 1.54) is 0 Å². The van der Waals surface area contributed by atoms with Crippen molar-refractivity contribution in [1.29, 1.82) is 0 Å². The Bertz CT molecular complexity index is 473. The quantitative estimate of drug-likeness (QED) is 0.839. The van der Waals surface area contributed by atoms with Crippen LogP contribution in [0.5, 0.6) is 5.75 Å². The van der Waals surface area contributed by atoms with E-state index in [9.17, 15) is 9.90 Å². The van der Waals surface area contributed by atoms with Gasteiger partial charge >= 0.3 is 0 Å². The molecule has 0 spiro atoms. The van der Waals surface area contributed by atoms with Crippen molar-refractivity contribution in [1.82, 2.24) is 5.32 Å². The summed E-state index contributed by atoms with van der Waals surface area (Å²) in [6.45, 7) is 4.13. The van der Waals surface area contributed by atoms with Crippen molar-refractivity contribution in [2.75, 3.05) is 6.61 Å². The number of aryl methyl sites for hydroxylation is 1. The van der Waals surface area contributed by atoms with E-state index in [0.29, 0.717) is 5.75 Å². The Morgan fingerprint density at radius 1 is 1.55 bits per heavy atom. The maximum Gasteiger partial charge on any atom is 0.258 e. The molecule has 4 heteroatoms. The van der Waals surface area contributed by atoms with Crippen LogP contribution in [-0.4, -0.2) is 23.7 Å². The summed E-state index contributed by atoms with van der Waals surface area (Å²) in [7, 11) is 0. The number of nitrogens with one attached hydrogen (secondary N) is 1. The van der Waals surface area contributed by atoms with Gasteiger partial charge in [-0.3, -0.25) is 4.79 Å². The number of aliphatic hydroxyl groups excluding tert-OH is 1. The van der Waals surface area contributed by atoms with Crippen LogP contribution in [0.4, 0.5) is 0 Å². The van der Waals surface area contributed by atoms with Crippen LogP contribution in [0.25, 0.3) is 0 Å². The first-order chi connectivity index (χ1) is 9.60. The van der Waals surface area contributed by atoms with Crippen molar-refractivity contribution < 1.29 is 14.6 Å². The minimum Gasteiger partial charge on any atom is -0.484 e. The molecule has 0 bridgehead atoms. The third kappa shape index (κ3) is 3.73. The van der Waals surface area contributed by atoms with E-state index < -0.39 is 0 Å². The van der Waals surface area contributed by atoms with Gasteiger partial charge in [0.25, 0.3) is 5.91 Å². The van der Waals surface area contributed by atoms with Gasteiger partial charge in [-0.15, -0.1) is 0 Å². The Morgan fingerprint density at radius 2 is 2.35 bits per heavy atom. The van der Waals surface area contributed by atoms with Crippen molar-refractivity contribution >= 4 is 5.91 Å². The van der Waals surface area contributed by atoms with Gasteiger partial charge in [0.2, 0.25) is 0 Å². The Kier molecular flexibility index (Phi) is 5.01. The van der Waals surface area contributed by atoms with Gasteiger partial charge in [-0.1, -0.05) is 19.4 Å². The van der Waals surface area contributed by atoms with Crippen LogP contribution in [0.1, 0.15) is 50.3 Å². The normalized spacial score (nSPS) is 18.4. The molecule has 2 rings (SSSR count). The highest BCUT2D eigenvalue weighted by Crippen LogP contribution is 2.33. The Balaban J connectivity index is 1.84. The molecule has 1 aliphatic rings. The fourth-order valence-electron chi connectivity index (χ4n) is 2.63. The third-order valence-corrected chi connectivity index (χ3v) is 3.66. The van der Waals surface area contributed by atoms with E-state index in [-0.39, 0.29) is 24.7 Å². The van der Waals surface area contributed by atoms with Crippen molar-refractivity contribution in [3.05, 3.63) is 29.3 Å². The number of benzene rings is 1. The maximum absolute atomic E-state index is 11.7. The maximum atomic E-state index is 11.7. The standard InChI is InChI=1S/C16H23NO3/c1-3-4-11(2)17-16(19)10-20-13-6-7-14-12(9-13)5-8-15(14)18/h6-7,9,11,15,18H,3-5,8,10H2,1-2H3,(H,17,19). The second kappa shape index (κ2) is 6.75. The third-order valence-electron chi connectivity index (χ3n) is 3.66. The average molecular weight is 277 g/mol. The Hall–Kier alpha value is -1.55. The topological polar surface area (TPSA) is 58.6 Å². The molecule has 0 saturated carbocycles. The number of hydrogen-bond donors (Lipinski definition) is 2. The van der Waals surface area contributed by atoms with Crippen LogP contribution in [0.3, 0.4) is 0 Å². The van der Waals surface area contributed by atoms with Gasteiger partial charge in [-0.05, 0) is 49.4 Å². The van der Waals surface area contributed by atoms with Gasteiger partial charge in [0.15, 0.2) is 6.61 Å². The van der Waals surface area contributed by atoms with E-state index in [4.69, 9.17) is 4.74 Å². The lowest BCUT2D eigenvalue weighted by Gasteiger charge is -2.13. The molecule has 0 fully saturated rings. The average Bonchev–Trinajstić information content (AvgIpc) is 2.78. The lowest BCUT2D eigenvalue weighted by atomic mass is 10.1. The fraction of sp³-hybridized carbons (Fsp3) is 0.562. The van der Waals surface area contributed by atoms with E-state index in [2.05, 4.69) is 12.2 Å². The van der Waals surface area contributed by atoms with Gasteiger partial charge in [-0.2, -0.15) is 0 Å². The fourth-order valence-corrected chi connectivity index (χ4v) is 2.63. The molecule has 0 aliphatic heterocycles. The van der Waals surface area contributed by atoms with Gasteiger partial charge < -0.3 is 15.2 Å². The largest absolute Gasteiger partial charge is 0.484 e. The minimum absolute atomic E-state index is 0.0371. The van der Waals surface area contributed by atoms with Gasteiger partial charge in [0.05, 0.1) is 6.10 Å². The summed E-state index contributed by atoms with van der Waals surface area (Å²) in [6, 6.07) is 5.82. The molecule has 0 saturated heterocycles. The van der Waals surface area contributed by atoms with Crippen molar-refractivity contribution in [2.24, 2.45) is 0 Å². The van der Waals surface area contributed by atoms with Crippen LogP contribution in [-0.2, 0) is 11.2 Å². The molecule has 2 unspecified atom stereocenters. The molecule has 4 nitrogen and oxygen atoms in total. The number of carbonyl (C=O) groups is 1. The molecule has 2 atom stereocenters. The number of rotatable bonds is 6. The molecule has 0 aromatic heterocycles. The highest BCUT2D eigenvalue weighted by molar-refractivity contribution is 5.77. The van der Waals surface area contributed by atoms with Crippen molar-refractivity contribution in [2.45, 2.75) is 51.7 Å². The predicted molar refractivity (Wildman–Crippen MR) is 77.7 cm³/mol. The molecule has 110 valence electrons. The zero-order valence-electron chi connectivity index (χ0n) is 12.2. The molecular weight excluding hydrogens is 254 g/mol. The number of hydrogen-bond acceptors (Lipinski definition) is 3. The molecule has 0 radical (unpaired) electrons. The lowest BCUT2D eigenvalue weighted by molar-refractivity contribution is -0.123. The molecule has 20 heavy (non-hydrogen) atoms. The van der Waals surface area contributed by atoms with Gasteiger partial charge in [0, 0.05) is 6.04 Å². The molecule has 1 aliphatic carbocycles. The summed E-state index contributed by atoms with van der Waals surface area (Å²) >= 11 is 0. The smallest absolute Gasteiger partial charge is 0.258 e. The zero-order valence-corrected chi connectivity index (χ0v) is 12.2. The first-order valence-corrected chi connectivity index (χ1v) is 7.33. The lowest BCUT2D eigenvalue weighted by Crippen LogP contribution is -2.35. The highest BCUT2D eigenvalue weighted by Gasteiger charge is 2.20. The van der Waals surface area contributed by atoms with Gasteiger partial charge in [-0.25, -0.2) is 0 Å². The minimum atomic E-state index is -0.350. The van der Waals surface area contributed by atoms with Crippen LogP contribution in [0.2, 0.25) is 0 Å². The monoisotopic (exact) mass is 277 g/mol. The van der Waals surface area contributed by atoms with Crippen LogP contribution >= 0.6 is 0 Å². The highest BCUT2D eigenvalue weighted by atomic mass is 16.5. The summed E-state index contributed by atoms with van der Waals surface area (Å²) in [5.41, 5.74) is 2.10. The zero-order chi connectivity index (χ0) is 14.5. The molecule has 1 aromatic rings. The van der Waals surface area contributed by atoms with Crippen LogP contribution < -0.4 is 10.1 Å². The molecule has 1 aromatic carbocycles. The summed E-state index contributed by atoms with van der Waals surface area (Å²) < 4.78 is 5.51. The van der Waals surface area contributed by atoms with Crippen LogP contribution in [0.15, 0.2) is 18.2 Å². The first-order valence-electron chi connectivity index (χ1n) is 7.33. The van der Waals surface area contributed by atoms with E-state index in [0.717, 1.165) is 36.8 Å². The number of fused-ring (bicyclic) bond motifs is 1. The summed E-state index contributed by atoms with van der Waals surface area (Å²) in [5, 5.41) is 12.6. The number of amides is 1. The molecule has 2 N–H and O–H groups in total. The number of ether oxygens (including phenoxy) is 1. The summed E-state index contributed by atoms with van der Waals surface area (Å²) in [5.74, 6) is 0.600. The summed E-state index contributed by atoms with van der Waals surface area (Å²) in [4.78, 5) is 11.7. The molecule has 1 amide bonds. The Labute approximate surface area is 120 Å². The first kappa shape index (κ1) is 14.9. The van der Waals surface area contributed by atoms with E-state index >= 15 is 0 Å². The number of carbonyl (C=O) groups excluding carboxylic acids is 1. The summed E-state index contributed by atoms with van der Waals surface area (Å²) in [6.07, 6.45) is 3.32. The number of aliphatic hydroxyl groups is 1. The Morgan fingerprint density at radius 3 is 3.10 bits per heavy atom. The SMILES string of the molecule is CCCC(C)NC(=O)COc1ccc2c(c1)CCC2O. The van der Waals surface area contributed by atoms with Crippen LogP contribution in [0, 0.1) is 0 Å². The second-order valence-corrected chi connectivity index (χ2v) is 5.46. The van der Waals surface area contributed by atoms with Crippen molar-refractivity contribution in [3.63, 3.8) is 0 Å². The second-order valence-electron chi connectivity index (χ2n) is 5.46. The van der Waals surface area contributed by atoms with E-state index in [1.54, 1.807) is 0 Å². The van der Waals surface area contributed by atoms with E-state index in [1.807, 2.05) is 25.1 Å².